The molecule has 0 aliphatic rings. The lowest BCUT2D eigenvalue weighted by molar-refractivity contribution is -0.141. The van der Waals surface area contributed by atoms with Crippen molar-refractivity contribution in [2.24, 2.45) is 5.73 Å². The van der Waals surface area contributed by atoms with Crippen molar-refractivity contribution >= 4 is 5.97 Å². The Bertz CT molecular complexity index is 327. The van der Waals surface area contributed by atoms with Gasteiger partial charge in [0.05, 0.1) is 19.7 Å². The second-order valence-electron chi connectivity index (χ2n) is 3.11. The Labute approximate surface area is 87.3 Å². The first-order chi connectivity index (χ1) is 7.17. The SMILES string of the molecule is COC(=O)CC(CN)c1ccc(F)cn1. The van der Waals surface area contributed by atoms with E-state index < -0.39 is 5.82 Å². The standard InChI is InChI=1S/C10H13FN2O2/c1-15-10(14)4-7(5-12)9-3-2-8(11)6-13-9/h2-3,6-7H,4-5,12H2,1H3. The minimum Gasteiger partial charge on any atom is -0.469 e. The molecule has 0 fully saturated rings. The molecule has 1 aromatic heterocycles. The van der Waals surface area contributed by atoms with E-state index in [0.29, 0.717) is 5.69 Å². The third kappa shape index (κ3) is 3.28. The number of carbonyl (C=O) groups excluding carboxylic acids is 1. The minimum atomic E-state index is -0.410. The molecule has 2 N–H and O–H groups in total. The molecule has 0 radical (unpaired) electrons. The molecule has 0 saturated carbocycles. The van der Waals surface area contributed by atoms with Crippen LogP contribution in [0.25, 0.3) is 0 Å². The Hall–Kier alpha value is -1.49. The van der Waals surface area contributed by atoms with Crippen LogP contribution in [0, 0.1) is 5.82 Å². The summed E-state index contributed by atoms with van der Waals surface area (Å²) < 4.78 is 17.1. The number of nitrogens with two attached hydrogens (primary N) is 1. The van der Waals surface area contributed by atoms with E-state index in [-0.39, 0.29) is 24.9 Å². The first-order valence-corrected chi connectivity index (χ1v) is 4.55. The van der Waals surface area contributed by atoms with Gasteiger partial charge in [-0.05, 0) is 12.1 Å². The molecule has 0 spiro atoms. The molecule has 1 rings (SSSR count). The number of nitrogens with zero attached hydrogens (tertiary/aromatic N) is 1. The number of methoxy groups -OCH3 is 1. The molecule has 15 heavy (non-hydrogen) atoms. The van der Waals surface area contributed by atoms with E-state index in [2.05, 4.69) is 9.72 Å². The zero-order chi connectivity index (χ0) is 11.3. The van der Waals surface area contributed by atoms with Crippen molar-refractivity contribution in [1.82, 2.24) is 4.98 Å². The molecule has 0 bridgehead atoms. The van der Waals surface area contributed by atoms with Crippen LogP contribution in [0.2, 0.25) is 0 Å². The van der Waals surface area contributed by atoms with Crippen LogP contribution in [0.3, 0.4) is 0 Å². The number of carbonyl (C=O) groups is 1. The van der Waals surface area contributed by atoms with Gasteiger partial charge in [0.2, 0.25) is 0 Å². The molecule has 1 atom stereocenters. The summed E-state index contributed by atoms with van der Waals surface area (Å²) in [4.78, 5) is 14.9. The molecule has 5 heteroatoms. The summed E-state index contributed by atoms with van der Waals surface area (Å²) in [5, 5.41) is 0. The summed E-state index contributed by atoms with van der Waals surface area (Å²) in [7, 11) is 1.31. The Morgan fingerprint density at radius 2 is 2.40 bits per heavy atom. The van der Waals surface area contributed by atoms with Gasteiger partial charge in [0.15, 0.2) is 0 Å². The molecule has 0 aliphatic heterocycles. The third-order valence-corrected chi connectivity index (χ3v) is 2.09. The number of halogens is 1. The predicted octanol–water partition coefficient (Wildman–Crippen LogP) is 0.826. The van der Waals surface area contributed by atoms with Crippen LogP contribution in [0.15, 0.2) is 18.3 Å². The summed E-state index contributed by atoms with van der Waals surface area (Å²) in [6, 6.07) is 2.82. The molecule has 82 valence electrons. The van der Waals surface area contributed by atoms with Crippen molar-refractivity contribution in [3.05, 3.63) is 29.8 Å². The Morgan fingerprint density at radius 3 is 2.87 bits per heavy atom. The molecule has 1 unspecified atom stereocenters. The highest BCUT2D eigenvalue weighted by molar-refractivity contribution is 5.70. The first kappa shape index (κ1) is 11.6. The maximum Gasteiger partial charge on any atom is 0.306 e. The Morgan fingerprint density at radius 1 is 1.67 bits per heavy atom. The van der Waals surface area contributed by atoms with Gasteiger partial charge in [0, 0.05) is 18.2 Å². The van der Waals surface area contributed by atoms with Crippen molar-refractivity contribution in [3.63, 3.8) is 0 Å². The fourth-order valence-corrected chi connectivity index (χ4v) is 1.22. The van der Waals surface area contributed by atoms with Crippen molar-refractivity contribution in [2.75, 3.05) is 13.7 Å². The third-order valence-electron chi connectivity index (χ3n) is 2.09. The molecular weight excluding hydrogens is 199 g/mol. The van der Waals surface area contributed by atoms with Crippen LogP contribution in [-0.2, 0) is 9.53 Å². The van der Waals surface area contributed by atoms with Gasteiger partial charge >= 0.3 is 5.97 Å². The van der Waals surface area contributed by atoms with Crippen molar-refractivity contribution < 1.29 is 13.9 Å². The number of aromatic nitrogens is 1. The zero-order valence-corrected chi connectivity index (χ0v) is 8.44. The van der Waals surface area contributed by atoms with Crippen LogP contribution in [0.1, 0.15) is 18.0 Å². The highest BCUT2D eigenvalue weighted by Crippen LogP contribution is 2.16. The lowest BCUT2D eigenvalue weighted by atomic mass is 10.0. The van der Waals surface area contributed by atoms with Crippen LogP contribution < -0.4 is 5.73 Å². The van der Waals surface area contributed by atoms with E-state index in [4.69, 9.17) is 5.73 Å². The minimum absolute atomic E-state index is 0.158. The second-order valence-corrected chi connectivity index (χ2v) is 3.11. The lowest BCUT2D eigenvalue weighted by Gasteiger charge is -2.12. The van der Waals surface area contributed by atoms with Gasteiger partial charge < -0.3 is 10.5 Å². The average Bonchev–Trinajstić information content (AvgIpc) is 2.27. The zero-order valence-electron chi connectivity index (χ0n) is 8.44. The maximum absolute atomic E-state index is 12.6. The molecule has 1 heterocycles. The molecule has 4 nitrogen and oxygen atoms in total. The number of pyridine rings is 1. The number of hydrogen-bond acceptors (Lipinski definition) is 4. The number of esters is 1. The largest absolute Gasteiger partial charge is 0.469 e. The smallest absolute Gasteiger partial charge is 0.306 e. The number of ether oxygens (including phenoxy) is 1. The first-order valence-electron chi connectivity index (χ1n) is 4.55. The molecule has 0 aromatic carbocycles. The van der Waals surface area contributed by atoms with Crippen LogP contribution in [0.5, 0.6) is 0 Å². The maximum atomic E-state index is 12.6. The molecule has 0 aliphatic carbocycles. The van der Waals surface area contributed by atoms with Gasteiger partial charge in [0.25, 0.3) is 0 Å². The van der Waals surface area contributed by atoms with Crippen molar-refractivity contribution in [2.45, 2.75) is 12.3 Å². The van der Waals surface area contributed by atoms with Gasteiger partial charge in [-0.2, -0.15) is 0 Å². The normalized spacial score (nSPS) is 12.2. The highest BCUT2D eigenvalue weighted by atomic mass is 19.1. The average molecular weight is 212 g/mol. The topological polar surface area (TPSA) is 65.2 Å². The fourth-order valence-electron chi connectivity index (χ4n) is 1.22. The van der Waals surface area contributed by atoms with Crippen molar-refractivity contribution in [3.8, 4) is 0 Å². The van der Waals surface area contributed by atoms with E-state index in [1.165, 1.54) is 19.2 Å². The van der Waals surface area contributed by atoms with Crippen LogP contribution in [-0.4, -0.2) is 24.6 Å². The van der Waals surface area contributed by atoms with Crippen LogP contribution >= 0.6 is 0 Å². The summed E-state index contributed by atoms with van der Waals surface area (Å²) >= 11 is 0. The van der Waals surface area contributed by atoms with E-state index in [1.54, 1.807) is 0 Å². The molecule has 0 saturated heterocycles. The summed E-state index contributed by atoms with van der Waals surface area (Å²) in [6.07, 6.45) is 1.26. The quantitative estimate of drug-likeness (QED) is 0.750. The second kappa shape index (κ2) is 5.41. The fraction of sp³-hybridized carbons (Fsp3) is 0.400. The van der Waals surface area contributed by atoms with Gasteiger partial charge in [-0.15, -0.1) is 0 Å². The lowest BCUT2D eigenvalue weighted by Crippen LogP contribution is -2.18. The van der Waals surface area contributed by atoms with Gasteiger partial charge in [0.1, 0.15) is 5.82 Å². The van der Waals surface area contributed by atoms with E-state index >= 15 is 0 Å². The number of hydrogen-bond donors (Lipinski definition) is 1. The summed E-state index contributed by atoms with van der Waals surface area (Å²) in [6.45, 7) is 0.272. The van der Waals surface area contributed by atoms with E-state index in [9.17, 15) is 9.18 Å². The number of rotatable bonds is 4. The summed E-state index contributed by atoms with van der Waals surface area (Å²) in [5.41, 5.74) is 6.11. The van der Waals surface area contributed by atoms with E-state index in [0.717, 1.165) is 6.20 Å². The monoisotopic (exact) mass is 212 g/mol. The van der Waals surface area contributed by atoms with Crippen molar-refractivity contribution in [1.29, 1.82) is 0 Å². The Kier molecular flexibility index (Phi) is 4.17. The molecule has 0 amide bonds. The molecule has 1 aromatic rings. The molecular formula is C10H13FN2O2. The Balaban J connectivity index is 2.74. The predicted molar refractivity (Wildman–Crippen MR) is 52.6 cm³/mol. The van der Waals surface area contributed by atoms with Gasteiger partial charge in [-0.25, -0.2) is 4.39 Å². The van der Waals surface area contributed by atoms with Gasteiger partial charge in [-0.1, -0.05) is 0 Å². The highest BCUT2D eigenvalue weighted by Gasteiger charge is 2.16. The van der Waals surface area contributed by atoms with E-state index in [1.807, 2.05) is 0 Å². The van der Waals surface area contributed by atoms with Crippen LogP contribution in [0.4, 0.5) is 4.39 Å². The van der Waals surface area contributed by atoms with Gasteiger partial charge in [-0.3, -0.25) is 9.78 Å². The summed E-state index contributed by atoms with van der Waals surface area (Å²) in [5.74, 6) is -0.984.